The Hall–Kier alpha value is -1.79. The number of carbonyl (C=O) groups is 1. The zero-order valence-electron chi connectivity index (χ0n) is 8.51. The zero-order chi connectivity index (χ0) is 13.1. The number of rotatable bonds is 4. The van der Waals surface area contributed by atoms with Gasteiger partial charge in [-0.3, -0.25) is 4.79 Å². The molecule has 3 nitrogen and oxygen atoms in total. The minimum atomic E-state index is -4.77. The summed E-state index contributed by atoms with van der Waals surface area (Å²) in [6, 6.07) is 2.41. The third kappa shape index (κ3) is 3.93. The Kier molecular flexibility index (Phi) is 3.93. The summed E-state index contributed by atoms with van der Waals surface area (Å²) in [5, 5.41) is 10.8. The van der Waals surface area contributed by atoms with Crippen molar-refractivity contribution < 1.29 is 27.5 Å². The Morgan fingerprint density at radius 1 is 1.35 bits per heavy atom. The molecule has 0 fully saturated rings. The molecule has 0 saturated heterocycles. The zero-order valence-corrected chi connectivity index (χ0v) is 8.51. The van der Waals surface area contributed by atoms with Crippen molar-refractivity contribution in [2.24, 2.45) is 0 Å². The lowest BCUT2D eigenvalue weighted by Gasteiger charge is -2.11. The number of nitrogens with one attached hydrogen (secondary N) is 1. The van der Waals surface area contributed by atoms with Gasteiger partial charge >= 0.3 is 12.1 Å². The van der Waals surface area contributed by atoms with Gasteiger partial charge in [0, 0.05) is 12.2 Å². The van der Waals surface area contributed by atoms with Gasteiger partial charge in [-0.2, -0.15) is 13.2 Å². The van der Waals surface area contributed by atoms with Crippen LogP contribution in [-0.4, -0.2) is 17.6 Å². The van der Waals surface area contributed by atoms with Crippen molar-refractivity contribution in [3.05, 3.63) is 29.6 Å². The van der Waals surface area contributed by atoms with Gasteiger partial charge in [-0.25, -0.2) is 4.39 Å². The first-order valence-electron chi connectivity index (χ1n) is 4.63. The molecule has 0 radical (unpaired) electrons. The molecule has 0 aliphatic carbocycles. The van der Waals surface area contributed by atoms with E-state index in [9.17, 15) is 22.4 Å². The van der Waals surface area contributed by atoms with Crippen LogP contribution in [0.3, 0.4) is 0 Å². The minimum Gasteiger partial charge on any atom is -0.481 e. The van der Waals surface area contributed by atoms with E-state index >= 15 is 0 Å². The maximum absolute atomic E-state index is 12.9. The van der Waals surface area contributed by atoms with Crippen LogP contribution in [0, 0.1) is 5.82 Å². The van der Waals surface area contributed by atoms with E-state index in [0.717, 1.165) is 6.07 Å². The summed E-state index contributed by atoms with van der Waals surface area (Å²) in [6.45, 7) is -0.0295. The van der Waals surface area contributed by atoms with Gasteiger partial charge in [0.05, 0.1) is 12.0 Å². The largest absolute Gasteiger partial charge is 0.481 e. The van der Waals surface area contributed by atoms with Crippen molar-refractivity contribution in [3.8, 4) is 0 Å². The van der Waals surface area contributed by atoms with Gasteiger partial charge < -0.3 is 10.4 Å². The van der Waals surface area contributed by atoms with Gasteiger partial charge in [0.1, 0.15) is 5.82 Å². The Bertz CT molecular complexity index is 417. The predicted molar refractivity (Wildman–Crippen MR) is 52.1 cm³/mol. The van der Waals surface area contributed by atoms with Crippen molar-refractivity contribution in [2.45, 2.75) is 12.6 Å². The molecule has 0 atom stereocenters. The van der Waals surface area contributed by atoms with E-state index in [1.165, 1.54) is 0 Å². The van der Waals surface area contributed by atoms with Crippen molar-refractivity contribution in [3.63, 3.8) is 0 Å². The first kappa shape index (κ1) is 13.3. The fourth-order valence-corrected chi connectivity index (χ4v) is 1.17. The van der Waals surface area contributed by atoms with Gasteiger partial charge in [-0.15, -0.1) is 0 Å². The van der Waals surface area contributed by atoms with Crippen LogP contribution in [0.4, 0.5) is 23.2 Å². The van der Waals surface area contributed by atoms with E-state index in [1.54, 1.807) is 0 Å². The van der Waals surface area contributed by atoms with E-state index in [-0.39, 0.29) is 18.7 Å². The number of halogens is 4. The number of alkyl halides is 3. The molecule has 0 bridgehead atoms. The van der Waals surface area contributed by atoms with Crippen LogP contribution in [0.15, 0.2) is 18.2 Å². The second kappa shape index (κ2) is 5.03. The third-order valence-corrected chi connectivity index (χ3v) is 1.94. The standard InChI is InChI=1S/C10H9F4NO2/c11-8-2-1-6(15-4-3-9(16)17)5-7(8)10(12,13)14/h1-2,5,15H,3-4H2,(H,16,17). The number of hydrogen-bond acceptors (Lipinski definition) is 2. The molecule has 0 heterocycles. The first-order chi connectivity index (χ1) is 7.80. The summed E-state index contributed by atoms with van der Waals surface area (Å²) in [7, 11) is 0. The number of carboxylic acids is 1. The maximum atomic E-state index is 12.9. The molecular weight excluding hydrogens is 242 g/mol. The van der Waals surface area contributed by atoms with Crippen LogP contribution < -0.4 is 5.32 Å². The third-order valence-electron chi connectivity index (χ3n) is 1.94. The molecule has 0 aliphatic heterocycles. The van der Waals surface area contributed by atoms with Crippen LogP contribution in [0.1, 0.15) is 12.0 Å². The number of carboxylic acid groups (broad SMARTS) is 1. The fraction of sp³-hybridized carbons (Fsp3) is 0.300. The SMILES string of the molecule is O=C(O)CCNc1ccc(F)c(C(F)(F)F)c1. The van der Waals surface area contributed by atoms with Crippen LogP contribution in [0.2, 0.25) is 0 Å². The number of benzene rings is 1. The topological polar surface area (TPSA) is 49.3 Å². The van der Waals surface area contributed by atoms with Gasteiger partial charge in [-0.05, 0) is 18.2 Å². The summed E-state index contributed by atoms with van der Waals surface area (Å²) in [5.74, 6) is -2.43. The molecule has 1 rings (SSSR count). The second-order valence-corrected chi connectivity index (χ2v) is 3.26. The average Bonchev–Trinajstić information content (AvgIpc) is 2.18. The number of aliphatic carboxylic acids is 1. The molecule has 1 aromatic rings. The summed E-state index contributed by atoms with van der Waals surface area (Å²) < 4.78 is 49.8. The summed E-state index contributed by atoms with van der Waals surface area (Å²) in [4.78, 5) is 10.2. The van der Waals surface area contributed by atoms with Crippen LogP contribution in [0.25, 0.3) is 0 Å². The Morgan fingerprint density at radius 2 is 2.00 bits per heavy atom. The van der Waals surface area contributed by atoms with Crippen molar-refractivity contribution in [2.75, 3.05) is 11.9 Å². The monoisotopic (exact) mass is 251 g/mol. The highest BCUT2D eigenvalue weighted by Crippen LogP contribution is 2.32. The minimum absolute atomic E-state index is 0.0278. The Balaban J connectivity index is 2.79. The van der Waals surface area contributed by atoms with Gasteiger partial charge in [0.15, 0.2) is 0 Å². The lowest BCUT2D eigenvalue weighted by atomic mass is 10.2. The number of anilines is 1. The molecule has 0 spiro atoms. The van der Waals surface area contributed by atoms with Crippen molar-refractivity contribution in [1.29, 1.82) is 0 Å². The van der Waals surface area contributed by atoms with E-state index in [4.69, 9.17) is 5.11 Å². The Labute approximate surface area is 94.1 Å². The molecular formula is C10H9F4NO2. The molecule has 0 aliphatic rings. The van der Waals surface area contributed by atoms with Crippen LogP contribution in [0.5, 0.6) is 0 Å². The van der Waals surface area contributed by atoms with Crippen LogP contribution >= 0.6 is 0 Å². The van der Waals surface area contributed by atoms with E-state index in [1.807, 2.05) is 0 Å². The molecule has 0 saturated carbocycles. The number of hydrogen-bond donors (Lipinski definition) is 2. The molecule has 1 aromatic carbocycles. The molecule has 2 N–H and O–H groups in total. The van der Waals surface area contributed by atoms with E-state index < -0.39 is 23.5 Å². The molecule has 17 heavy (non-hydrogen) atoms. The molecule has 0 amide bonds. The lowest BCUT2D eigenvalue weighted by Crippen LogP contribution is -2.11. The second-order valence-electron chi connectivity index (χ2n) is 3.26. The highest BCUT2D eigenvalue weighted by Gasteiger charge is 2.34. The average molecular weight is 251 g/mol. The molecule has 94 valence electrons. The van der Waals surface area contributed by atoms with Gasteiger partial charge in [0.2, 0.25) is 0 Å². The quantitative estimate of drug-likeness (QED) is 0.809. The van der Waals surface area contributed by atoms with Crippen molar-refractivity contribution in [1.82, 2.24) is 0 Å². The smallest absolute Gasteiger partial charge is 0.419 e. The molecule has 0 aromatic heterocycles. The van der Waals surface area contributed by atoms with E-state index in [0.29, 0.717) is 12.1 Å². The highest BCUT2D eigenvalue weighted by molar-refractivity contribution is 5.67. The summed E-state index contributed by atoms with van der Waals surface area (Å²) >= 11 is 0. The maximum Gasteiger partial charge on any atom is 0.419 e. The predicted octanol–water partition coefficient (Wildman–Crippen LogP) is 2.73. The molecule has 0 unspecified atom stereocenters. The summed E-state index contributed by atoms with van der Waals surface area (Å²) in [6.07, 6.45) is -5.01. The fourth-order valence-electron chi connectivity index (χ4n) is 1.17. The van der Waals surface area contributed by atoms with Crippen LogP contribution in [-0.2, 0) is 11.0 Å². The first-order valence-corrected chi connectivity index (χ1v) is 4.63. The lowest BCUT2D eigenvalue weighted by molar-refractivity contribution is -0.140. The van der Waals surface area contributed by atoms with Crippen molar-refractivity contribution >= 4 is 11.7 Å². The molecule has 7 heteroatoms. The van der Waals surface area contributed by atoms with Gasteiger partial charge in [0.25, 0.3) is 0 Å². The normalized spacial score (nSPS) is 11.3. The van der Waals surface area contributed by atoms with E-state index in [2.05, 4.69) is 5.32 Å². The summed E-state index contributed by atoms with van der Waals surface area (Å²) in [5.41, 5.74) is -1.35. The Morgan fingerprint density at radius 3 is 2.53 bits per heavy atom. The van der Waals surface area contributed by atoms with Gasteiger partial charge in [-0.1, -0.05) is 0 Å². The highest BCUT2D eigenvalue weighted by atomic mass is 19.4.